The lowest BCUT2D eigenvalue weighted by Crippen LogP contribution is -2.42. The van der Waals surface area contributed by atoms with Crippen LogP contribution in [-0.2, 0) is 0 Å². The van der Waals surface area contributed by atoms with Gasteiger partial charge in [0, 0.05) is 154 Å². The van der Waals surface area contributed by atoms with E-state index in [1.807, 2.05) is 228 Å². The molecule has 25 rings (SSSR count). The van der Waals surface area contributed by atoms with Crippen molar-refractivity contribution in [3.8, 4) is 0 Å². The zero-order chi connectivity index (χ0) is 102. The molecule has 25 nitrogen and oxygen atoms in total. The molecule has 0 unspecified atom stereocenters. The highest BCUT2D eigenvalue weighted by Gasteiger charge is 2.44. The van der Waals surface area contributed by atoms with Crippen LogP contribution >= 0.6 is 0 Å². The van der Waals surface area contributed by atoms with Crippen molar-refractivity contribution < 1.29 is 34.4 Å². The molecule has 15 aromatic heterocycles. The summed E-state index contributed by atoms with van der Waals surface area (Å²) in [6, 6.07) is 57.8. The molecule has 0 saturated carbocycles. The number of aromatic nitrogens is 10. The van der Waals surface area contributed by atoms with Crippen molar-refractivity contribution in [1.82, 2.24) is 49.8 Å². The van der Waals surface area contributed by atoms with Crippen molar-refractivity contribution in [3.05, 3.63) is 269 Å². The normalized spacial score (nSPS) is 18.0. The minimum atomic E-state index is -2.31. The smallest absolute Gasteiger partial charge is 0.227 e. The highest BCUT2D eigenvalue weighted by Crippen LogP contribution is 2.55. The number of aryl methyl sites for hydroxylation is 10. The zero-order valence-corrected chi connectivity index (χ0v) is 80.1. The molecule has 0 saturated heterocycles. The van der Waals surface area contributed by atoms with Gasteiger partial charge in [-0.1, -0.05) is 60.7 Å². The number of benzene rings is 5. The quantitative estimate of drug-likeness (QED) is 0.138. The Bertz CT molecular complexity index is 7450. The number of fused-ring (bicyclic) bond motifs is 20. The standard InChI is InChI=1S/3C23H24N4O.2C21H20N4O/c1-13(2)26-16(5)27(19-7-6-12-24-22(19)26)20-14(3)8-10-17-18-11-9-15(4)25-23(18)28-21(17)20;2*1-13(2)26-16(5)27(22-19(26)7-6-12-24-22)20-14(3)8-10-17-18-11-9-15(4)25-23(18)28-21(17)20;1-12-7-9-15-16-10-8-13(2)23-21(16)26-19(15)18(12)25-14(3)24(4)20-17(25)6-5-11-22-20;1-12-7-9-15-16-10-8-13(2)23-21(16)26-19(15)18(12)25-14(3)24(4)17-6-5-11-22-20(17)25/h3*6-13,16H,1-5H3;2*5-11,14H,1-4H3/t3*16-;2*14-/m00000/s1/i3*13D;2*4D3. The maximum atomic E-state index is 8.71. The fourth-order valence-corrected chi connectivity index (χ4v) is 20.6. The third-order valence-electron chi connectivity index (χ3n) is 26.8. The summed E-state index contributed by atoms with van der Waals surface area (Å²) in [7, 11) is 0. The summed E-state index contributed by atoms with van der Waals surface area (Å²) in [5, 5.41) is 9.96. The summed E-state index contributed by atoms with van der Waals surface area (Å²) in [5.41, 5.74) is 25.6. The van der Waals surface area contributed by atoms with E-state index in [-0.39, 0.29) is 18.5 Å². The van der Waals surface area contributed by atoms with Crippen LogP contribution < -0.4 is 49.0 Å². The minimum Gasteiger partial charge on any atom is -0.435 e. The minimum absolute atomic E-state index is 0.0837. The Morgan fingerprint density at radius 1 is 0.250 bits per heavy atom. The van der Waals surface area contributed by atoms with Crippen LogP contribution in [0.3, 0.4) is 0 Å². The van der Waals surface area contributed by atoms with E-state index in [2.05, 4.69) is 167 Å². The Labute approximate surface area is 802 Å². The molecule has 0 N–H and O–H groups in total. The van der Waals surface area contributed by atoms with Crippen LogP contribution in [0, 0.1) is 69.2 Å². The highest BCUT2D eigenvalue weighted by atomic mass is 16.4. The van der Waals surface area contributed by atoms with Crippen LogP contribution in [0.5, 0.6) is 0 Å². The lowest BCUT2D eigenvalue weighted by molar-refractivity contribution is 0.597. The van der Waals surface area contributed by atoms with Gasteiger partial charge in [0.1, 0.15) is 30.8 Å². The van der Waals surface area contributed by atoms with Gasteiger partial charge in [-0.05, 0) is 295 Å². The number of hydrogen-bond acceptors (Lipinski definition) is 25. The van der Waals surface area contributed by atoms with Gasteiger partial charge in [-0.3, -0.25) is 0 Å². The molecule has 20 aromatic rings. The van der Waals surface area contributed by atoms with E-state index in [0.717, 1.165) is 196 Å². The van der Waals surface area contributed by atoms with Crippen LogP contribution in [0.25, 0.3) is 110 Å². The molecule has 136 heavy (non-hydrogen) atoms. The highest BCUT2D eigenvalue weighted by molar-refractivity contribution is 6.15. The third kappa shape index (κ3) is 14.1. The van der Waals surface area contributed by atoms with Crippen molar-refractivity contribution in [1.29, 1.82) is 0 Å². The third-order valence-corrected chi connectivity index (χ3v) is 26.8. The molecule has 0 radical (unpaired) electrons. The van der Waals surface area contributed by atoms with E-state index < -0.39 is 44.3 Å². The van der Waals surface area contributed by atoms with E-state index in [1.165, 1.54) is 9.80 Å². The van der Waals surface area contributed by atoms with Gasteiger partial charge in [0.25, 0.3) is 0 Å². The first-order valence-electron chi connectivity index (χ1n) is 50.5. The van der Waals surface area contributed by atoms with Gasteiger partial charge < -0.3 is 71.1 Å². The molecule has 686 valence electrons. The van der Waals surface area contributed by atoms with Gasteiger partial charge in [-0.2, -0.15) is 0 Å². The van der Waals surface area contributed by atoms with Crippen LogP contribution in [0.1, 0.15) is 145 Å². The monoisotopic (exact) mass is 1810 g/mol. The van der Waals surface area contributed by atoms with E-state index in [1.54, 1.807) is 43.1 Å². The predicted molar refractivity (Wildman–Crippen MR) is 554 cm³/mol. The molecule has 20 heterocycles. The first-order valence-corrected chi connectivity index (χ1v) is 46.0. The summed E-state index contributed by atoms with van der Waals surface area (Å²) in [6.45, 7) is 36.9. The maximum absolute atomic E-state index is 8.71. The summed E-state index contributed by atoms with van der Waals surface area (Å²) < 4.78 is 106. The molecule has 0 fully saturated rings. The fraction of sp³-hybridized carbons (Fsp3) is 0.279. The predicted octanol–water partition coefficient (Wildman–Crippen LogP) is 27.0. The molecule has 0 aliphatic carbocycles. The fourth-order valence-electron chi connectivity index (χ4n) is 20.6. The largest absolute Gasteiger partial charge is 0.435 e. The van der Waals surface area contributed by atoms with Gasteiger partial charge in [0.2, 0.25) is 28.6 Å². The first kappa shape index (κ1) is 77.1. The molecular formula is C111H112N20O5. The Hall–Kier alpha value is -15.4. The first-order chi connectivity index (χ1) is 68.8. The Kier molecular flexibility index (Phi) is 19.1. The van der Waals surface area contributed by atoms with Crippen molar-refractivity contribution >= 4 is 196 Å². The van der Waals surface area contributed by atoms with Crippen LogP contribution in [0.2, 0.25) is 0 Å². The Balaban J connectivity index is 0.000000107. The van der Waals surface area contributed by atoms with Gasteiger partial charge in [-0.25, -0.2) is 49.8 Å². The molecule has 0 amide bonds. The average Bonchev–Trinajstić information content (AvgIpc) is 1.58. The number of furan rings is 5. The lowest BCUT2D eigenvalue weighted by Gasteiger charge is -2.33. The van der Waals surface area contributed by atoms with Gasteiger partial charge in [0.05, 0.1) is 61.0 Å². The number of anilines is 15. The molecule has 5 aliphatic heterocycles. The summed E-state index contributed by atoms with van der Waals surface area (Å²) >= 11 is 0. The van der Waals surface area contributed by atoms with Crippen LogP contribution in [0.4, 0.5) is 86.0 Å². The number of pyridine rings is 10. The van der Waals surface area contributed by atoms with Crippen molar-refractivity contribution in [2.45, 2.75) is 194 Å². The number of rotatable bonds is 8. The number of nitrogens with zero attached hydrogens (tertiary/aromatic N) is 20. The second-order valence-electron chi connectivity index (χ2n) is 36.5. The Morgan fingerprint density at radius 3 is 0.794 bits per heavy atom. The lowest BCUT2D eigenvalue weighted by atomic mass is 10.1. The SMILES string of the molecule is [2H]C(C)(C)N1c2cccnc2N(c2c(C)ccc3c2oc2nc(C)ccc23)[C@H]1C.[2H]C(C)(C)N1c2cccnc2N(c2c(C)ccc3c2oc2nc(C)ccc23)[C@H]1C.[2H]C(C)(C)N1c2ncccc2N(c2c(C)ccc3c2oc2nc(C)ccc23)[C@H]1C.[2H]C([2H])([2H])N1c2cccnc2N(c2c(C)ccc3c2oc2nc(C)ccc23)[C@H]1C.[2H]C([2H])([2H])N1c2ncccc2N(c2c(C)ccc3c2oc2nc(C)ccc23)[C@H]1C. The second kappa shape index (κ2) is 33.6. The zero-order valence-electron chi connectivity index (χ0n) is 89.1. The van der Waals surface area contributed by atoms with Gasteiger partial charge in [0.15, 0.2) is 57.0 Å². The van der Waals surface area contributed by atoms with E-state index in [9.17, 15) is 0 Å². The van der Waals surface area contributed by atoms with E-state index in [4.69, 9.17) is 44.4 Å². The molecule has 25 heteroatoms. The van der Waals surface area contributed by atoms with Crippen LogP contribution in [-0.4, -0.2) is 113 Å². The average molecular weight is 1820 g/mol. The van der Waals surface area contributed by atoms with Gasteiger partial charge in [-0.15, -0.1) is 0 Å². The van der Waals surface area contributed by atoms with Crippen molar-refractivity contribution in [3.63, 3.8) is 0 Å². The summed E-state index contributed by atoms with van der Waals surface area (Å²) in [5.74, 6) is 3.57. The van der Waals surface area contributed by atoms with E-state index in [0.29, 0.717) is 57.1 Å². The van der Waals surface area contributed by atoms with Gasteiger partial charge >= 0.3 is 0 Å². The molecule has 0 spiro atoms. The van der Waals surface area contributed by atoms with Crippen LogP contribution in [0.15, 0.2) is 235 Å². The van der Waals surface area contributed by atoms with Crippen molar-refractivity contribution in [2.75, 3.05) is 63.0 Å². The molecule has 5 atom stereocenters. The molecule has 0 bridgehead atoms. The number of hydrogen-bond donors (Lipinski definition) is 0. The second-order valence-corrected chi connectivity index (χ2v) is 36.5. The molecular weight excluding hydrogens is 1690 g/mol. The van der Waals surface area contributed by atoms with E-state index >= 15 is 0 Å². The van der Waals surface area contributed by atoms with Crippen molar-refractivity contribution in [2.24, 2.45) is 0 Å². The maximum Gasteiger partial charge on any atom is 0.227 e. The Morgan fingerprint density at radius 2 is 0.485 bits per heavy atom. The molecule has 5 aromatic carbocycles. The summed E-state index contributed by atoms with van der Waals surface area (Å²) in [6.07, 6.45) is 7.53. The topological polar surface area (TPSA) is 227 Å². The molecule has 5 aliphatic rings. The summed E-state index contributed by atoms with van der Waals surface area (Å²) in [4.78, 5) is 65.4.